The molecule has 4 rings (SSSR count). The zero-order chi connectivity index (χ0) is 28.6. The van der Waals surface area contributed by atoms with E-state index in [0.29, 0.717) is 22.3 Å². The van der Waals surface area contributed by atoms with Gasteiger partial charge in [-0.05, 0) is 72.4 Å². The summed E-state index contributed by atoms with van der Waals surface area (Å²) in [7, 11) is 0. The SMILES string of the molecule is Cc1ccc(Cn2c(-c3cccc(-c4ccc(N)c(C(=O)O)c4C)c3)cc(C(F)(F)F)c(C#N)c2=O)c(C)c1. The van der Waals surface area contributed by atoms with Gasteiger partial charge in [0.1, 0.15) is 11.6 Å². The summed E-state index contributed by atoms with van der Waals surface area (Å²) in [5.74, 6) is -1.20. The maximum absolute atomic E-state index is 14.0. The molecule has 4 aromatic rings. The third-order valence-electron chi connectivity index (χ3n) is 6.72. The fourth-order valence-electron chi connectivity index (χ4n) is 4.74. The Bertz CT molecular complexity index is 1730. The van der Waals surface area contributed by atoms with Gasteiger partial charge >= 0.3 is 12.1 Å². The Morgan fingerprint density at radius 3 is 2.33 bits per heavy atom. The second-order valence-corrected chi connectivity index (χ2v) is 9.34. The van der Waals surface area contributed by atoms with Crippen molar-refractivity contribution < 1.29 is 23.1 Å². The Morgan fingerprint density at radius 2 is 1.72 bits per heavy atom. The van der Waals surface area contributed by atoms with Crippen LogP contribution < -0.4 is 11.3 Å². The maximum Gasteiger partial charge on any atom is 0.417 e. The molecular weight excluding hydrogens is 507 g/mol. The molecule has 3 aromatic carbocycles. The largest absolute Gasteiger partial charge is 0.478 e. The van der Waals surface area contributed by atoms with Gasteiger partial charge in [0.05, 0.1) is 23.4 Å². The molecule has 0 spiro atoms. The van der Waals surface area contributed by atoms with E-state index in [2.05, 4.69) is 0 Å². The van der Waals surface area contributed by atoms with Crippen LogP contribution in [-0.4, -0.2) is 15.6 Å². The molecule has 0 saturated carbocycles. The Morgan fingerprint density at radius 1 is 1.03 bits per heavy atom. The lowest BCUT2D eigenvalue weighted by atomic mass is 9.93. The molecule has 0 aliphatic carbocycles. The molecule has 0 saturated heterocycles. The number of nitrogens with zero attached hydrogens (tertiary/aromatic N) is 2. The van der Waals surface area contributed by atoms with Crippen molar-refractivity contribution in [2.24, 2.45) is 0 Å². The molecule has 0 unspecified atom stereocenters. The van der Waals surface area contributed by atoms with E-state index in [1.165, 1.54) is 16.7 Å². The number of aromatic carboxylic acids is 1. The molecule has 0 radical (unpaired) electrons. The smallest absolute Gasteiger partial charge is 0.417 e. The summed E-state index contributed by atoms with van der Waals surface area (Å²) in [6.07, 6.45) is -4.93. The first kappa shape index (κ1) is 27.2. The summed E-state index contributed by atoms with van der Waals surface area (Å²) in [6.45, 7) is 5.29. The van der Waals surface area contributed by atoms with Crippen LogP contribution in [0.25, 0.3) is 22.4 Å². The van der Waals surface area contributed by atoms with Crippen LogP contribution in [-0.2, 0) is 12.7 Å². The minimum absolute atomic E-state index is 0.0280. The number of hydrogen-bond donors (Lipinski definition) is 2. The van der Waals surface area contributed by atoms with Gasteiger partial charge in [-0.3, -0.25) is 4.79 Å². The van der Waals surface area contributed by atoms with Gasteiger partial charge in [0, 0.05) is 5.69 Å². The van der Waals surface area contributed by atoms with Gasteiger partial charge in [-0.2, -0.15) is 18.4 Å². The van der Waals surface area contributed by atoms with Crippen molar-refractivity contribution in [3.05, 3.63) is 110 Å². The average molecular weight is 532 g/mol. The average Bonchev–Trinajstić information content (AvgIpc) is 2.85. The molecule has 39 heavy (non-hydrogen) atoms. The van der Waals surface area contributed by atoms with E-state index in [1.807, 2.05) is 26.0 Å². The van der Waals surface area contributed by atoms with Gasteiger partial charge in [0.15, 0.2) is 0 Å². The predicted molar refractivity (Wildman–Crippen MR) is 142 cm³/mol. The fraction of sp³-hybridized carbons (Fsp3) is 0.167. The molecule has 198 valence electrons. The molecule has 1 aromatic heterocycles. The van der Waals surface area contributed by atoms with Crippen LogP contribution in [0.4, 0.5) is 18.9 Å². The molecule has 3 N–H and O–H groups in total. The minimum Gasteiger partial charge on any atom is -0.478 e. The van der Waals surface area contributed by atoms with E-state index < -0.39 is 28.8 Å². The van der Waals surface area contributed by atoms with Crippen LogP contribution in [0.3, 0.4) is 0 Å². The van der Waals surface area contributed by atoms with E-state index in [0.717, 1.165) is 17.2 Å². The molecule has 0 bridgehead atoms. The molecule has 0 aliphatic rings. The number of alkyl halides is 3. The highest BCUT2D eigenvalue weighted by Crippen LogP contribution is 2.36. The maximum atomic E-state index is 14.0. The number of rotatable bonds is 5. The van der Waals surface area contributed by atoms with Crippen LogP contribution >= 0.6 is 0 Å². The van der Waals surface area contributed by atoms with Crippen molar-refractivity contribution >= 4 is 11.7 Å². The van der Waals surface area contributed by atoms with Crippen LogP contribution in [0.5, 0.6) is 0 Å². The Hall–Kier alpha value is -4.84. The normalized spacial score (nSPS) is 11.3. The Balaban J connectivity index is 2.00. The lowest BCUT2D eigenvalue weighted by Crippen LogP contribution is -2.29. The van der Waals surface area contributed by atoms with E-state index in [1.54, 1.807) is 43.3 Å². The number of carboxylic acids is 1. The summed E-state index contributed by atoms with van der Waals surface area (Å²) in [6, 6.07) is 17.3. The number of pyridine rings is 1. The third kappa shape index (κ3) is 5.14. The summed E-state index contributed by atoms with van der Waals surface area (Å²) in [4.78, 5) is 25.1. The predicted octanol–water partition coefficient (Wildman–Crippen LogP) is 6.33. The number of hydrogen-bond acceptors (Lipinski definition) is 4. The number of aryl methyl sites for hydroxylation is 2. The van der Waals surface area contributed by atoms with Crippen LogP contribution in [0.15, 0.2) is 65.5 Å². The Labute approximate surface area is 222 Å². The minimum atomic E-state index is -4.93. The van der Waals surface area contributed by atoms with Crippen LogP contribution in [0, 0.1) is 32.1 Å². The first-order valence-electron chi connectivity index (χ1n) is 11.9. The zero-order valence-corrected chi connectivity index (χ0v) is 21.3. The lowest BCUT2D eigenvalue weighted by molar-refractivity contribution is -0.137. The number of benzene rings is 3. The highest BCUT2D eigenvalue weighted by molar-refractivity contribution is 5.98. The summed E-state index contributed by atoms with van der Waals surface area (Å²) < 4.78 is 43.1. The highest BCUT2D eigenvalue weighted by Gasteiger charge is 2.36. The zero-order valence-electron chi connectivity index (χ0n) is 21.3. The fourth-order valence-corrected chi connectivity index (χ4v) is 4.74. The molecule has 0 fully saturated rings. The first-order chi connectivity index (χ1) is 18.3. The molecule has 9 heteroatoms. The second-order valence-electron chi connectivity index (χ2n) is 9.34. The van der Waals surface area contributed by atoms with E-state index in [4.69, 9.17) is 5.73 Å². The number of carbonyl (C=O) groups is 1. The molecule has 1 heterocycles. The van der Waals surface area contributed by atoms with Gasteiger partial charge in [-0.1, -0.05) is 48.0 Å². The van der Waals surface area contributed by atoms with E-state index in [9.17, 15) is 33.1 Å². The standard InChI is InChI=1S/C30H24F3N3O3/c1-16-7-8-21(17(2)11-16)15-36-26(13-24(30(31,32)33)23(14-34)28(36)37)20-6-4-5-19(12-20)22-9-10-25(35)27(18(22)3)29(38)39/h4-13H,15,35H2,1-3H3,(H,38,39). The lowest BCUT2D eigenvalue weighted by Gasteiger charge is -2.19. The van der Waals surface area contributed by atoms with Crippen molar-refractivity contribution in [3.63, 3.8) is 0 Å². The second kappa shape index (κ2) is 10.1. The summed E-state index contributed by atoms with van der Waals surface area (Å²) >= 11 is 0. The van der Waals surface area contributed by atoms with Gasteiger partial charge in [-0.25, -0.2) is 4.79 Å². The van der Waals surface area contributed by atoms with Crippen molar-refractivity contribution in [2.75, 3.05) is 5.73 Å². The molecule has 0 amide bonds. The van der Waals surface area contributed by atoms with Gasteiger partial charge < -0.3 is 15.4 Å². The van der Waals surface area contributed by atoms with Gasteiger partial charge in [-0.15, -0.1) is 0 Å². The van der Waals surface area contributed by atoms with Gasteiger partial charge in [0.25, 0.3) is 5.56 Å². The third-order valence-corrected chi connectivity index (χ3v) is 6.72. The number of nitrogens with two attached hydrogens (primary N) is 1. The topological polar surface area (TPSA) is 109 Å². The van der Waals surface area contributed by atoms with E-state index in [-0.39, 0.29) is 29.1 Å². The van der Waals surface area contributed by atoms with Crippen molar-refractivity contribution in [2.45, 2.75) is 33.5 Å². The van der Waals surface area contributed by atoms with E-state index >= 15 is 0 Å². The number of aromatic nitrogens is 1. The number of nitrogen functional groups attached to an aromatic ring is 1. The van der Waals surface area contributed by atoms with Crippen LogP contribution in [0.2, 0.25) is 0 Å². The first-order valence-corrected chi connectivity index (χ1v) is 11.9. The molecule has 0 aliphatic heterocycles. The number of halogens is 3. The molecule has 0 atom stereocenters. The number of anilines is 1. The van der Waals surface area contributed by atoms with Gasteiger partial charge in [0.2, 0.25) is 0 Å². The highest BCUT2D eigenvalue weighted by atomic mass is 19.4. The van der Waals surface area contributed by atoms with Crippen molar-refractivity contribution in [1.29, 1.82) is 5.26 Å². The summed E-state index contributed by atoms with van der Waals surface area (Å²) in [5, 5.41) is 19.1. The molecular formula is C30H24F3N3O3. The monoisotopic (exact) mass is 531 g/mol. The quantitative estimate of drug-likeness (QED) is 0.293. The Kier molecular flexibility index (Phi) is 7.07. The molecule has 6 nitrogen and oxygen atoms in total. The van der Waals surface area contributed by atoms with Crippen molar-refractivity contribution in [1.82, 2.24) is 4.57 Å². The number of nitriles is 1. The summed E-state index contributed by atoms with van der Waals surface area (Å²) in [5.41, 5.74) is 6.78. The number of carboxylic acid groups (broad SMARTS) is 1. The van der Waals surface area contributed by atoms with Crippen molar-refractivity contribution in [3.8, 4) is 28.5 Å². The van der Waals surface area contributed by atoms with Crippen LogP contribution in [0.1, 0.15) is 43.7 Å².